The van der Waals surface area contributed by atoms with E-state index in [1.54, 1.807) is 6.92 Å². The molecule has 1 N–H and O–H groups in total. The molecule has 0 aromatic rings. The molecule has 0 spiro atoms. The van der Waals surface area contributed by atoms with E-state index in [2.05, 4.69) is 10.2 Å². The third-order valence-electron chi connectivity index (χ3n) is 1.61. The normalized spacial score (nSPS) is 17.6. The largest absolute Gasteiger partial charge is 0.355 e. The van der Waals surface area contributed by atoms with E-state index in [-0.39, 0.29) is 5.12 Å². The molecule has 0 bridgehead atoms. The van der Waals surface area contributed by atoms with Gasteiger partial charge in [-0.05, 0) is 11.8 Å². The van der Waals surface area contributed by atoms with Crippen molar-refractivity contribution in [3.8, 4) is 0 Å². The number of thioether (sulfide) groups is 1. The number of nitrogens with one attached hydrogen (secondary N) is 1. The molecule has 12 heavy (non-hydrogen) atoms. The second-order valence-electron chi connectivity index (χ2n) is 2.60. The number of piperazine rings is 1. The Kier molecular flexibility index (Phi) is 3.97. The maximum Gasteiger partial charge on any atom is 0.192 e. The van der Waals surface area contributed by atoms with Gasteiger partial charge >= 0.3 is 0 Å². The third kappa shape index (κ3) is 3.08. The van der Waals surface area contributed by atoms with E-state index in [9.17, 15) is 4.79 Å². The minimum Gasteiger partial charge on any atom is -0.355 e. The minimum atomic E-state index is 0.0681. The highest BCUT2D eigenvalue weighted by molar-refractivity contribution is 8.32. The van der Waals surface area contributed by atoms with Gasteiger partial charge in [0.2, 0.25) is 0 Å². The van der Waals surface area contributed by atoms with Crippen molar-refractivity contribution < 1.29 is 4.79 Å². The minimum absolute atomic E-state index is 0.0681. The SMILES string of the molecule is CC(=O)SC(=S)N1CCNCC1. The van der Waals surface area contributed by atoms with Gasteiger partial charge in [0, 0.05) is 33.1 Å². The van der Waals surface area contributed by atoms with Gasteiger partial charge in [-0.25, -0.2) is 0 Å². The van der Waals surface area contributed by atoms with Crippen LogP contribution in [0.5, 0.6) is 0 Å². The Hall–Kier alpha value is -0.130. The van der Waals surface area contributed by atoms with Crippen LogP contribution in [0.3, 0.4) is 0 Å². The highest BCUT2D eigenvalue weighted by atomic mass is 32.2. The van der Waals surface area contributed by atoms with Crippen molar-refractivity contribution in [1.82, 2.24) is 10.2 Å². The first-order valence-corrected chi connectivity index (χ1v) is 5.10. The van der Waals surface area contributed by atoms with Gasteiger partial charge in [0.25, 0.3) is 0 Å². The van der Waals surface area contributed by atoms with Gasteiger partial charge < -0.3 is 10.2 Å². The lowest BCUT2D eigenvalue weighted by Gasteiger charge is -2.28. The van der Waals surface area contributed by atoms with Gasteiger partial charge in [0.05, 0.1) is 0 Å². The maximum absolute atomic E-state index is 10.7. The lowest BCUT2D eigenvalue weighted by molar-refractivity contribution is -0.109. The highest BCUT2D eigenvalue weighted by Gasteiger charge is 2.14. The van der Waals surface area contributed by atoms with Crippen molar-refractivity contribution in [3.63, 3.8) is 0 Å². The molecule has 1 aliphatic heterocycles. The van der Waals surface area contributed by atoms with E-state index in [1.807, 2.05) is 0 Å². The zero-order chi connectivity index (χ0) is 8.97. The molecule has 68 valence electrons. The molecule has 0 radical (unpaired) electrons. The fourth-order valence-corrected chi connectivity index (χ4v) is 2.13. The maximum atomic E-state index is 10.7. The molecule has 0 aromatic heterocycles. The molecule has 1 rings (SSSR count). The van der Waals surface area contributed by atoms with Crippen LogP contribution >= 0.6 is 24.0 Å². The van der Waals surface area contributed by atoms with Gasteiger partial charge in [-0.3, -0.25) is 4.79 Å². The van der Waals surface area contributed by atoms with Crippen LogP contribution in [0, 0.1) is 0 Å². The molecule has 0 atom stereocenters. The smallest absolute Gasteiger partial charge is 0.192 e. The van der Waals surface area contributed by atoms with Crippen molar-refractivity contribution in [2.75, 3.05) is 26.2 Å². The zero-order valence-electron chi connectivity index (χ0n) is 7.00. The fourth-order valence-electron chi connectivity index (χ4n) is 1.03. The number of carbonyl (C=O) groups excluding carboxylic acids is 1. The molecule has 1 heterocycles. The second kappa shape index (κ2) is 4.79. The monoisotopic (exact) mass is 204 g/mol. The molecule has 1 aliphatic rings. The van der Waals surface area contributed by atoms with Crippen LogP contribution in [0.2, 0.25) is 0 Å². The first kappa shape index (κ1) is 9.95. The Balaban J connectivity index is 2.34. The average Bonchev–Trinajstić information content (AvgIpc) is 2.05. The van der Waals surface area contributed by atoms with Crippen LogP contribution in [0.4, 0.5) is 0 Å². The van der Waals surface area contributed by atoms with E-state index in [4.69, 9.17) is 12.2 Å². The van der Waals surface area contributed by atoms with Crippen LogP contribution < -0.4 is 5.32 Å². The van der Waals surface area contributed by atoms with Gasteiger partial charge in [0.15, 0.2) is 5.12 Å². The molecule has 0 aliphatic carbocycles. The summed E-state index contributed by atoms with van der Waals surface area (Å²) in [5.41, 5.74) is 0. The highest BCUT2D eigenvalue weighted by Crippen LogP contribution is 2.10. The summed E-state index contributed by atoms with van der Waals surface area (Å²) in [6.07, 6.45) is 0. The van der Waals surface area contributed by atoms with Gasteiger partial charge in [0.1, 0.15) is 4.32 Å². The molecular weight excluding hydrogens is 192 g/mol. The summed E-state index contributed by atoms with van der Waals surface area (Å²) in [4.78, 5) is 12.8. The summed E-state index contributed by atoms with van der Waals surface area (Å²) < 4.78 is 0.712. The third-order valence-corrected chi connectivity index (χ3v) is 2.83. The van der Waals surface area contributed by atoms with Crippen molar-refractivity contribution >= 4 is 33.4 Å². The van der Waals surface area contributed by atoms with E-state index in [0.717, 1.165) is 37.9 Å². The molecule has 0 saturated carbocycles. The van der Waals surface area contributed by atoms with Crippen LogP contribution in [0.15, 0.2) is 0 Å². The summed E-state index contributed by atoms with van der Waals surface area (Å²) in [6, 6.07) is 0. The van der Waals surface area contributed by atoms with Crippen LogP contribution in [0.1, 0.15) is 6.92 Å². The number of carbonyl (C=O) groups is 1. The standard InChI is InChI=1S/C7H12N2OS2/c1-6(10)12-7(11)9-4-2-8-3-5-9/h8H,2-5H2,1H3. The first-order valence-electron chi connectivity index (χ1n) is 3.88. The number of hydrogen-bond acceptors (Lipinski definition) is 4. The average molecular weight is 204 g/mol. The van der Waals surface area contributed by atoms with Crippen molar-refractivity contribution in [3.05, 3.63) is 0 Å². The molecule has 1 saturated heterocycles. The second-order valence-corrected chi connectivity index (χ2v) is 4.41. The van der Waals surface area contributed by atoms with Gasteiger partial charge in [-0.2, -0.15) is 0 Å². The van der Waals surface area contributed by atoms with Crippen LogP contribution in [0.25, 0.3) is 0 Å². The van der Waals surface area contributed by atoms with E-state index < -0.39 is 0 Å². The summed E-state index contributed by atoms with van der Waals surface area (Å²) in [5, 5.41) is 3.30. The Morgan fingerprint density at radius 3 is 2.58 bits per heavy atom. The summed E-state index contributed by atoms with van der Waals surface area (Å²) in [6.45, 7) is 5.29. The van der Waals surface area contributed by atoms with Crippen LogP contribution in [-0.2, 0) is 4.79 Å². The molecule has 1 fully saturated rings. The lowest BCUT2D eigenvalue weighted by atomic mass is 10.4. The predicted octanol–water partition coefficient (Wildman–Crippen LogP) is 0.456. The molecule has 0 aromatic carbocycles. The molecular formula is C7H12N2OS2. The number of nitrogens with zero attached hydrogens (tertiary/aromatic N) is 1. The predicted molar refractivity (Wildman–Crippen MR) is 55.3 cm³/mol. The van der Waals surface area contributed by atoms with Crippen molar-refractivity contribution in [2.45, 2.75) is 6.92 Å². The van der Waals surface area contributed by atoms with E-state index >= 15 is 0 Å². The summed E-state index contributed by atoms with van der Waals surface area (Å²) >= 11 is 6.24. The van der Waals surface area contributed by atoms with E-state index in [1.165, 1.54) is 0 Å². The Bertz CT molecular complexity index is 190. The van der Waals surface area contributed by atoms with Crippen LogP contribution in [-0.4, -0.2) is 40.5 Å². The quantitative estimate of drug-likeness (QED) is 0.579. The number of rotatable bonds is 0. The molecule has 5 heteroatoms. The Morgan fingerprint density at radius 2 is 2.08 bits per heavy atom. The Labute approximate surface area is 81.9 Å². The molecule has 3 nitrogen and oxygen atoms in total. The first-order chi connectivity index (χ1) is 5.70. The van der Waals surface area contributed by atoms with Crippen molar-refractivity contribution in [2.24, 2.45) is 0 Å². The van der Waals surface area contributed by atoms with Gasteiger partial charge in [-0.15, -0.1) is 0 Å². The van der Waals surface area contributed by atoms with Gasteiger partial charge in [-0.1, -0.05) is 12.2 Å². The number of thiocarbonyl (C=S) groups is 1. The number of hydrogen-bond donors (Lipinski definition) is 1. The van der Waals surface area contributed by atoms with E-state index in [0.29, 0.717) is 4.32 Å². The zero-order valence-corrected chi connectivity index (χ0v) is 8.63. The lowest BCUT2D eigenvalue weighted by Crippen LogP contribution is -2.45. The summed E-state index contributed by atoms with van der Waals surface area (Å²) in [7, 11) is 0. The Morgan fingerprint density at radius 1 is 1.50 bits per heavy atom. The summed E-state index contributed by atoms with van der Waals surface area (Å²) in [5.74, 6) is 0. The molecule has 0 unspecified atom stereocenters. The topological polar surface area (TPSA) is 32.3 Å². The van der Waals surface area contributed by atoms with Crippen molar-refractivity contribution in [1.29, 1.82) is 0 Å². The fraction of sp³-hybridized carbons (Fsp3) is 0.714. The molecule has 0 amide bonds.